The molecule has 0 aliphatic heterocycles. The van der Waals surface area contributed by atoms with E-state index in [1.54, 1.807) is 6.92 Å². The summed E-state index contributed by atoms with van der Waals surface area (Å²) in [5, 5.41) is 12.1. The van der Waals surface area contributed by atoms with Crippen LogP contribution in [0.25, 0.3) is 32.9 Å². The lowest BCUT2D eigenvalue weighted by Crippen LogP contribution is -2.05. The standard InChI is InChI=1S/C21H14FNO2/c1-12-19(21(24)25)17-11-14(22)9-10-18(17)23-20(12)16-8-4-6-13-5-2-3-7-15(13)16/h2-11H,1H3,(H,24,25). The first-order valence-corrected chi connectivity index (χ1v) is 7.87. The Morgan fingerprint density at radius 1 is 1.00 bits per heavy atom. The Kier molecular flexibility index (Phi) is 3.46. The molecule has 0 saturated heterocycles. The molecule has 25 heavy (non-hydrogen) atoms. The van der Waals surface area contributed by atoms with E-state index < -0.39 is 11.8 Å². The van der Waals surface area contributed by atoms with Crippen LogP contribution in [0, 0.1) is 12.7 Å². The zero-order chi connectivity index (χ0) is 17.6. The van der Waals surface area contributed by atoms with Crippen LogP contribution in [-0.2, 0) is 0 Å². The average molecular weight is 331 g/mol. The van der Waals surface area contributed by atoms with Crippen LogP contribution in [0.2, 0.25) is 0 Å². The number of hydrogen-bond donors (Lipinski definition) is 1. The molecule has 4 rings (SSSR count). The van der Waals surface area contributed by atoms with E-state index in [1.165, 1.54) is 18.2 Å². The molecule has 1 heterocycles. The van der Waals surface area contributed by atoms with Gasteiger partial charge in [-0.15, -0.1) is 0 Å². The number of aromatic nitrogens is 1. The van der Waals surface area contributed by atoms with Gasteiger partial charge in [0.1, 0.15) is 5.82 Å². The number of carboxylic acid groups (broad SMARTS) is 1. The number of carboxylic acids is 1. The maximum Gasteiger partial charge on any atom is 0.336 e. The molecule has 122 valence electrons. The molecule has 0 aliphatic rings. The van der Waals surface area contributed by atoms with Gasteiger partial charge in [0, 0.05) is 10.9 Å². The van der Waals surface area contributed by atoms with Crippen molar-refractivity contribution in [3.63, 3.8) is 0 Å². The van der Waals surface area contributed by atoms with E-state index in [2.05, 4.69) is 4.98 Å². The van der Waals surface area contributed by atoms with Gasteiger partial charge in [-0.25, -0.2) is 14.2 Å². The third kappa shape index (κ3) is 2.43. The van der Waals surface area contributed by atoms with E-state index in [0.717, 1.165) is 16.3 Å². The van der Waals surface area contributed by atoms with Crippen molar-refractivity contribution in [3.8, 4) is 11.3 Å². The number of rotatable bonds is 2. The first kappa shape index (κ1) is 15.3. The Labute approximate surface area is 143 Å². The highest BCUT2D eigenvalue weighted by molar-refractivity contribution is 6.07. The number of benzene rings is 3. The minimum atomic E-state index is -1.09. The van der Waals surface area contributed by atoms with Crippen molar-refractivity contribution in [1.29, 1.82) is 0 Å². The molecule has 0 spiro atoms. The zero-order valence-electron chi connectivity index (χ0n) is 13.5. The van der Waals surface area contributed by atoms with Gasteiger partial charge in [0.2, 0.25) is 0 Å². The lowest BCUT2D eigenvalue weighted by Gasteiger charge is -2.14. The van der Waals surface area contributed by atoms with Crippen LogP contribution in [0.15, 0.2) is 60.7 Å². The molecule has 3 nitrogen and oxygen atoms in total. The summed E-state index contributed by atoms with van der Waals surface area (Å²) in [5.41, 5.74) is 2.55. The Morgan fingerprint density at radius 2 is 1.76 bits per heavy atom. The van der Waals surface area contributed by atoms with Crippen LogP contribution >= 0.6 is 0 Å². The summed E-state index contributed by atoms with van der Waals surface area (Å²) in [5.74, 6) is -1.56. The van der Waals surface area contributed by atoms with Gasteiger partial charge >= 0.3 is 5.97 Å². The molecule has 0 atom stereocenters. The molecule has 0 unspecified atom stereocenters. The molecule has 0 fully saturated rings. The molecule has 0 aliphatic carbocycles. The van der Waals surface area contributed by atoms with Gasteiger partial charge in [-0.3, -0.25) is 0 Å². The summed E-state index contributed by atoms with van der Waals surface area (Å²) in [7, 11) is 0. The van der Waals surface area contributed by atoms with Gasteiger partial charge in [-0.2, -0.15) is 0 Å². The van der Waals surface area contributed by atoms with E-state index in [4.69, 9.17) is 0 Å². The Balaban J connectivity index is 2.13. The van der Waals surface area contributed by atoms with Crippen LogP contribution in [0.1, 0.15) is 15.9 Å². The summed E-state index contributed by atoms with van der Waals surface area (Å²) < 4.78 is 13.6. The van der Waals surface area contributed by atoms with E-state index in [0.29, 0.717) is 22.2 Å². The smallest absolute Gasteiger partial charge is 0.336 e. The fourth-order valence-electron chi connectivity index (χ4n) is 3.30. The molecule has 0 saturated carbocycles. The third-order valence-electron chi connectivity index (χ3n) is 4.45. The van der Waals surface area contributed by atoms with Crippen LogP contribution in [0.4, 0.5) is 4.39 Å². The summed E-state index contributed by atoms with van der Waals surface area (Å²) >= 11 is 0. The summed E-state index contributed by atoms with van der Waals surface area (Å²) in [6.45, 7) is 1.72. The van der Waals surface area contributed by atoms with Gasteiger partial charge in [-0.05, 0) is 41.5 Å². The number of hydrogen-bond acceptors (Lipinski definition) is 2. The van der Waals surface area contributed by atoms with Gasteiger partial charge in [0.25, 0.3) is 0 Å². The van der Waals surface area contributed by atoms with Crippen LogP contribution in [0.3, 0.4) is 0 Å². The van der Waals surface area contributed by atoms with Crippen molar-refractivity contribution in [3.05, 3.63) is 77.6 Å². The summed E-state index contributed by atoms with van der Waals surface area (Å²) in [4.78, 5) is 16.5. The molecule has 0 bridgehead atoms. The van der Waals surface area contributed by atoms with Crippen molar-refractivity contribution < 1.29 is 14.3 Å². The van der Waals surface area contributed by atoms with Crippen molar-refractivity contribution in [2.24, 2.45) is 0 Å². The fourth-order valence-corrected chi connectivity index (χ4v) is 3.30. The molecular weight excluding hydrogens is 317 g/mol. The number of halogens is 1. The molecule has 4 heteroatoms. The average Bonchev–Trinajstić information content (AvgIpc) is 2.60. The SMILES string of the molecule is Cc1c(-c2cccc3ccccc23)nc2ccc(F)cc2c1C(=O)O. The number of nitrogens with zero attached hydrogens (tertiary/aromatic N) is 1. The predicted octanol–water partition coefficient (Wildman–Crippen LogP) is 5.20. The number of pyridine rings is 1. The van der Waals surface area contributed by atoms with E-state index in [1.807, 2.05) is 42.5 Å². The van der Waals surface area contributed by atoms with Gasteiger partial charge in [0.15, 0.2) is 0 Å². The second-order valence-electron chi connectivity index (χ2n) is 5.95. The Bertz CT molecular complexity index is 1150. The highest BCUT2D eigenvalue weighted by Gasteiger charge is 2.19. The first-order chi connectivity index (χ1) is 12.1. The van der Waals surface area contributed by atoms with Crippen molar-refractivity contribution in [2.45, 2.75) is 6.92 Å². The number of fused-ring (bicyclic) bond motifs is 2. The van der Waals surface area contributed by atoms with Gasteiger partial charge in [-0.1, -0.05) is 42.5 Å². The largest absolute Gasteiger partial charge is 0.478 e. The quantitative estimate of drug-likeness (QED) is 0.549. The molecule has 0 amide bonds. The van der Waals surface area contributed by atoms with Gasteiger partial charge < -0.3 is 5.11 Å². The highest BCUT2D eigenvalue weighted by Crippen LogP contribution is 2.34. The Hall–Kier alpha value is -3.27. The minimum absolute atomic E-state index is 0.0902. The molecule has 1 aromatic heterocycles. The summed E-state index contributed by atoms with van der Waals surface area (Å²) in [6, 6.07) is 17.8. The van der Waals surface area contributed by atoms with Crippen molar-refractivity contribution >= 4 is 27.6 Å². The van der Waals surface area contributed by atoms with Crippen molar-refractivity contribution in [1.82, 2.24) is 4.98 Å². The fraction of sp³-hybridized carbons (Fsp3) is 0.0476. The molecule has 1 N–H and O–H groups in total. The molecule has 4 aromatic rings. The minimum Gasteiger partial charge on any atom is -0.478 e. The lowest BCUT2D eigenvalue weighted by atomic mass is 9.94. The molecular formula is C21H14FNO2. The van der Waals surface area contributed by atoms with E-state index in [9.17, 15) is 14.3 Å². The molecule has 0 radical (unpaired) electrons. The van der Waals surface area contributed by atoms with E-state index >= 15 is 0 Å². The van der Waals surface area contributed by atoms with Gasteiger partial charge in [0.05, 0.1) is 16.8 Å². The number of aromatic carboxylic acids is 1. The van der Waals surface area contributed by atoms with Crippen LogP contribution < -0.4 is 0 Å². The monoisotopic (exact) mass is 331 g/mol. The van der Waals surface area contributed by atoms with Crippen LogP contribution in [-0.4, -0.2) is 16.1 Å². The van der Waals surface area contributed by atoms with Crippen molar-refractivity contribution in [2.75, 3.05) is 0 Å². The maximum absolute atomic E-state index is 13.6. The third-order valence-corrected chi connectivity index (χ3v) is 4.45. The summed E-state index contributed by atoms with van der Waals surface area (Å²) in [6.07, 6.45) is 0. The number of carbonyl (C=O) groups is 1. The topological polar surface area (TPSA) is 50.2 Å². The first-order valence-electron chi connectivity index (χ1n) is 7.87. The Morgan fingerprint density at radius 3 is 2.56 bits per heavy atom. The highest BCUT2D eigenvalue weighted by atomic mass is 19.1. The second-order valence-corrected chi connectivity index (χ2v) is 5.95. The van der Waals surface area contributed by atoms with E-state index in [-0.39, 0.29) is 5.56 Å². The second kappa shape index (κ2) is 5.67. The lowest BCUT2D eigenvalue weighted by molar-refractivity contribution is 0.0698. The van der Waals surface area contributed by atoms with Crippen LogP contribution in [0.5, 0.6) is 0 Å². The predicted molar refractivity (Wildman–Crippen MR) is 96.3 cm³/mol. The normalized spacial score (nSPS) is 11.1. The molecule has 3 aromatic carbocycles. The zero-order valence-corrected chi connectivity index (χ0v) is 13.5. The maximum atomic E-state index is 13.6.